The van der Waals surface area contributed by atoms with Crippen LogP contribution in [0.1, 0.15) is 23.3 Å². The van der Waals surface area contributed by atoms with Crippen molar-refractivity contribution in [1.82, 2.24) is 0 Å². The lowest BCUT2D eigenvalue weighted by atomic mass is 9.97. The smallest absolute Gasteiger partial charge is 0.383 e. The summed E-state index contributed by atoms with van der Waals surface area (Å²) in [5.74, 6) is -2.64. The molecule has 0 saturated carbocycles. The van der Waals surface area contributed by atoms with E-state index in [2.05, 4.69) is 0 Å². The zero-order chi connectivity index (χ0) is 30.8. The van der Waals surface area contributed by atoms with E-state index in [0.717, 1.165) is 17.6 Å². The van der Waals surface area contributed by atoms with Gasteiger partial charge in [0.25, 0.3) is 0 Å². The molecule has 0 bridgehead atoms. The lowest BCUT2D eigenvalue weighted by Gasteiger charge is -2.27. The van der Waals surface area contributed by atoms with Gasteiger partial charge in [-0.15, -0.1) is 23.1 Å². The highest BCUT2D eigenvalue weighted by Crippen LogP contribution is 2.40. The molecule has 0 atom stereocenters. The Morgan fingerprint density at radius 2 is 1.73 bits per heavy atom. The number of carbonyl (C=O) groups is 1. The van der Waals surface area contributed by atoms with E-state index in [1.165, 1.54) is 54.2 Å². The van der Waals surface area contributed by atoms with E-state index in [1.807, 2.05) is 0 Å². The summed E-state index contributed by atoms with van der Waals surface area (Å²) in [6.45, 7) is 1.23. The first-order chi connectivity index (χ1) is 19.0. The van der Waals surface area contributed by atoms with Crippen LogP contribution in [0.2, 0.25) is 0 Å². The third kappa shape index (κ3) is 7.70. The predicted octanol–water partition coefficient (Wildman–Crippen LogP) is 5.28. The second-order valence-corrected chi connectivity index (χ2v) is 15.5. The molecule has 0 radical (unpaired) electrons. The van der Waals surface area contributed by atoms with Crippen LogP contribution >= 0.6 is 23.1 Å². The van der Waals surface area contributed by atoms with Gasteiger partial charge in [-0.1, -0.05) is 24.3 Å². The van der Waals surface area contributed by atoms with Crippen molar-refractivity contribution < 1.29 is 34.8 Å². The largest absolute Gasteiger partial charge is 0.471 e. The second-order valence-electron chi connectivity index (χ2n) is 9.17. The van der Waals surface area contributed by atoms with E-state index in [9.17, 15) is 34.8 Å². The van der Waals surface area contributed by atoms with Gasteiger partial charge in [0, 0.05) is 24.1 Å². The number of thiophene rings is 1. The minimum absolute atomic E-state index is 0.00914. The molecule has 222 valence electrons. The van der Waals surface area contributed by atoms with Crippen LogP contribution in [0.4, 0.5) is 18.9 Å². The lowest BCUT2D eigenvalue weighted by molar-refractivity contribution is -0.170. The van der Waals surface area contributed by atoms with Crippen LogP contribution in [0.5, 0.6) is 0 Å². The third-order valence-electron chi connectivity index (χ3n) is 6.02. The minimum atomic E-state index is -5.20. The molecule has 0 aliphatic heterocycles. The average molecular weight is 648 g/mol. The van der Waals surface area contributed by atoms with Crippen molar-refractivity contribution in [3.8, 4) is 11.1 Å². The molecule has 3 N–H and O–H groups in total. The first-order valence-electron chi connectivity index (χ1n) is 12.0. The predicted molar refractivity (Wildman–Crippen MR) is 157 cm³/mol. The van der Waals surface area contributed by atoms with Crippen molar-refractivity contribution in [1.29, 1.82) is 5.41 Å². The van der Waals surface area contributed by atoms with E-state index in [-0.39, 0.29) is 55.9 Å². The SMILES string of the molecule is CSc1sc(C(=N)N)cc1S(=O)(=O)c1cccc(-c2c(C)cccc2N(CCCCS(C)(=O)=O)C(=O)C(F)(F)F)c1. The van der Waals surface area contributed by atoms with Gasteiger partial charge in [-0.05, 0) is 61.4 Å². The number of nitrogens with zero attached hydrogens (tertiary/aromatic N) is 1. The van der Waals surface area contributed by atoms with Crippen LogP contribution in [0.3, 0.4) is 0 Å². The van der Waals surface area contributed by atoms with Gasteiger partial charge in [-0.25, -0.2) is 16.8 Å². The fraction of sp³-hybridized carbons (Fsp3) is 0.308. The molecule has 0 spiro atoms. The highest BCUT2D eigenvalue weighted by molar-refractivity contribution is 8.01. The molecule has 0 aliphatic rings. The number of hydrogen-bond acceptors (Lipinski definition) is 8. The van der Waals surface area contributed by atoms with E-state index in [4.69, 9.17) is 11.1 Å². The number of anilines is 1. The highest BCUT2D eigenvalue weighted by Gasteiger charge is 2.43. The molecule has 1 aromatic heterocycles. The van der Waals surface area contributed by atoms with Crippen molar-refractivity contribution in [2.24, 2.45) is 5.73 Å². The maximum Gasteiger partial charge on any atom is 0.471 e. The first kappa shape index (κ1) is 32.6. The zero-order valence-corrected chi connectivity index (χ0v) is 25.5. The summed E-state index contributed by atoms with van der Waals surface area (Å²) in [5.41, 5.74) is 6.47. The molecule has 0 saturated heterocycles. The summed E-state index contributed by atoms with van der Waals surface area (Å²) in [6.07, 6.45) is -2.46. The molecule has 8 nitrogen and oxygen atoms in total. The number of rotatable bonds is 11. The number of hydrogen-bond donors (Lipinski definition) is 2. The number of unbranched alkanes of at least 4 members (excludes halogenated alkanes) is 1. The number of amidine groups is 1. The van der Waals surface area contributed by atoms with Crippen molar-refractivity contribution >= 4 is 60.2 Å². The number of nitrogens with two attached hydrogens (primary N) is 1. The van der Waals surface area contributed by atoms with Crippen molar-refractivity contribution in [3.63, 3.8) is 0 Å². The van der Waals surface area contributed by atoms with Gasteiger partial charge in [0.1, 0.15) is 15.7 Å². The summed E-state index contributed by atoms with van der Waals surface area (Å²) < 4.78 is 91.7. The number of sulfone groups is 2. The van der Waals surface area contributed by atoms with Crippen LogP contribution in [0, 0.1) is 12.3 Å². The molecule has 0 unspecified atom stereocenters. The number of alkyl halides is 3. The summed E-state index contributed by atoms with van der Waals surface area (Å²) in [4.78, 5) is 13.2. The first-order valence-corrected chi connectivity index (χ1v) is 17.6. The van der Waals surface area contributed by atoms with Crippen LogP contribution in [0.25, 0.3) is 11.1 Å². The fourth-order valence-corrected chi connectivity index (χ4v) is 8.77. The van der Waals surface area contributed by atoms with E-state index >= 15 is 0 Å². The monoisotopic (exact) mass is 647 g/mol. The quantitative estimate of drug-likeness (QED) is 0.125. The number of benzene rings is 2. The van der Waals surface area contributed by atoms with Gasteiger partial charge in [0.05, 0.1) is 24.6 Å². The van der Waals surface area contributed by atoms with Crippen LogP contribution in [-0.2, 0) is 24.5 Å². The number of aryl methyl sites for hydroxylation is 1. The van der Waals surface area contributed by atoms with E-state index < -0.39 is 38.3 Å². The Bertz CT molecular complexity index is 1680. The van der Waals surface area contributed by atoms with Crippen LogP contribution < -0.4 is 10.6 Å². The average Bonchev–Trinajstić information content (AvgIpc) is 3.33. The molecular weight excluding hydrogens is 620 g/mol. The molecule has 0 fully saturated rings. The van der Waals surface area contributed by atoms with Crippen molar-refractivity contribution in [2.45, 2.75) is 39.9 Å². The maximum absolute atomic E-state index is 13.7. The number of nitrogen functional groups attached to an aromatic ring is 1. The highest BCUT2D eigenvalue weighted by atomic mass is 32.2. The number of carbonyl (C=O) groups excluding carboxylic acids is 1. The Balaban J connectivity index is 2.13. The summed E-state index contributed by atoms with van der Waals surface area (Å²) in [7, 11) is -7.47. The molecule has 41 heavy (non-hydrogen) atoms. The van der Waals surface area contributed by atoms with Gasteiger partial charge in [-0.3, -0.25) is 10.2 Å². The standard InChI is InChI=1S/C26H28F3N3O5S4/c1-16-8-6-11-19(32(25(33)26(27,28)29)12-4-5-13-40(3,34)35)22(16)17-9-7-10-18(14-17)41(36,37)21-15-20(23(30)31)39-24(21)38-2/h6-11,14-15H,4-5,12-13H2,1-3H3,(H3,30,31). The van der Waals surface area contributed by atoms with Crippen molar-refractivity contribution in [3.05, 3.63) is 59.0 Å². The minimum Gasteiger partial charge on any atom is -0.383 e. The molecule has 2 aromatic carbocycles. The number of thioether (sulfide) groups is 1. The molecule has 3 aromatic rings. The van der Waals surface area contributed by atoms with E-state index in [1.54, 1.807) is 19.2 Å². The molecular formula is C26H28F3N3O5S4. The Kier molecular flexibility index (Phi) is 9.99. The third-order valence-corrected chi connectivity index (χ3v) is 11.4. The van der Waals surface area contributed by atoms with Gasteiger partial charge in [0.15, 0.2) is 0 Å². The molecule has 15 heteroatoms. The number of nitrogens with one attached hydrogen (secondary N) is 1. The Morgan fingerprint density at radius 3 is 2.32 bits per heavy atom. The molecule has 1 heterocycles. The maximum atomic E-state index is 13.7. The Labute approximate surface area is 245 Å². The van der Waals surface area contributed by atoms with Crippen LogP contribution in [0.15, 0.2) is 62.5 Å². The van der Waals surface area contributed by atoms with Crippen molar-refractivity contribution in [2.75, 3.05) is 29.7 Å². The van der Waals surface area contributed by atoms with Gasteiger partial charge in [0.2, 0.25) is 9.84 Å². The zero-order valence-electron chi connectivity index (χ0n) is 22.3. The molecule has 3 rings (SSSR count). The number of amides is 1. The van der Waals surface area contributed by atoms with E-state index in [0.29, 0.717) is 14.7 Å². The van der Waals surface area contributed by atoms with Gasteiger partial charge in [-0.2, -0.15) is 13.2 Å². The molecule has 1 amide bonds. The summed E-state index contributed by atoms with van der Waals surface area (Å²) in [6, 6.07) is 11.5. The lowest BCUT2D eigenvalue weighted by Crippen LogP contribution is -2.42. The van der Waals surface area contributed by atoms with Gasteiger partial charge < -0.3 is 10.6 Å². The topological polar surface area (TPSA) is 138 Å². The second kappa shape index (κ2) is 12.5. The summed E-state index contributed by atoms with van der Waals surface area (Å²) in [5, 5.41) is 7.67. The Morgan fingerprint density at radius 1 is 1.07 bits per heavy atom. The van der Waals surface area contributed by atoms with Gasteiger partial charge >= 0.3 is 12.1 Å². The summed E-state index contributed by atoms with van der Waals surface area (Å²) >= 11 is 2.24. The van der Waals surface area contributed by atoms with Crippen LogP contribution in [-0.4, -0.2) is 59.6 Å². The number of halogens is 3. The fourth-order valence-electron chi connectivity index (χ4n) is 4.14. The Hall–Kier alpha value is -2.88. The normalized spacial score (nSPS) is 12.3. The molecule has 0 aliphatic carbocycles.